The van der Waals surface area contributed by atoms with Crippen molar-refractivity contribution in [3.63, 3.8) is 0 Å². The lowest BCUT2D eigenvalue weighted by Crippen LogP contribution is -2.36. The van der Waals surface area contributed by atoms with Gasteiger partial charge in [0.2, 0.25) is 0 Å². The summed E-state index contributed by atoms with van der Waals surface area (Å²) in [6, 6.07) is 1.94. The summed E-state index contributed by atoms with van der Waals surface area (Å²) >= 11 is 1.36. The number of hydrogen-bond donors (Lipinski definition) is 1. The lowest BCUT2D eigenvalue weighted by atomic mass is 10.2. The number of aliphatic hydroxyl groups excluding tert-OH is 1. The Kier molecular flexibility index (Phi) is 5.14. The van der Waals surface area contributed by atoms with E-state index in [9.17, 15) is 9.90 Å². The smallest absolute Gasteiger partial charge is 0.270 e. The highest BCUT2D eigenvalue weighted by atomic mass is 32.1. The van der Waals surface area contributed by atoms with Crippen LogP contribution in [0.4, 0.5) is 0 Å². The van der Waals surface area contributed by atoms with E-state index < -0.39 is 6.10 Å². The fraction of sp³-hybridized carbons (Fsp3) is 0.647. The summed E-state index contributed by atoms with van der Waals surface area (Å²) in [4.78, 5) is 20.1. The lowest BCUT2D eigenvalue weighted by molar-refractivity contribution is 0.101. The minimum atomic E-state index is -0.514. The molecule has 0 bridgehead atoms. The molecular weight excluding hydrogens is 310 g/mol. The summed E-state index contributed by atoms with van der Waals surface area (Å²) in [5.41, 5.74) is 1.87. The molecule has 0 spiro atoms. The van der Waals surface area contributed by atoms with E-state index in [-0.39, 0.29) is 5.56 Å². The molecule has 1 unspecified atom stereocenters. The van der Waals surface area contributed by atoms with Gasteiger partial charge in [-0.1, -0.05) is 12.8 Å². The van der Waals surface area contributed by atoms with Crippen LogP contribution in [0.2, 0.25) is 0 Å². The van der Waals surface area contributed by atoms with Gasteiger partial charge in [-0.2, -0.15) is 0 Å². The van der Waals surface area contributed by atoms with Crippen LogP contribution in [0.1, 0.15) is 36.9 Å². The van der Waals surface area contributed by atoms with Crippen molar-refractivity contribution in [2.75, 3.05) is 19.6 Å². The van der Waals surface area contributed by atoms with Crippen molar-refractivity contribution in [1.29, 1.82) is 0 Å². The summed E-state index contributed by atoms with van der Waals surface area (Å²) in [7, 11) is 0. The maximum absolute atomic E-state index is 12.6. The largest absolute Gasteiger partial charge is 0.390 e. The highest BCUT2D eigenvalue weighted by Gasteiger charge is 2.17. The van der Waals surface area contributed by atoms with Gasteiger partial charge in [0.25, 0.3) is 5.56 Å². The Bertz CT molecular complexity index is 729. The summed E-state index contributed by atoms with van der Waals surface area (Å²) in [5, 5.41) is 11.1. The van der Waals surface area contributed by atoms with Crippen molar-refractivity contribution in [1.82, 2.24) is 13.8 Å². The molecule has 3 rings (SSSR count). The molecule has 1 N–H and O–H groups in total. The van der Waals surface area contributed by atoms with Gasteiger partial charge in [-0.25, -0.2) is 4.98 Å². The second-order valence-corrected chi connectivity index (χ2v) is 7.60. The molecule has 3 heterocycles. The van der Waals surface area contributed by atoms with E-state index in [0.29, 0.717) is 18.5 Å². The van der Waals surface area contributed by atoms with Gasteiger partial charge >= 0.3 is 0 Å². The summed E-state index contributed by atoms with van der Waals surface area (Å²) in [5.74, 6) is 0. The number of likely N-dealkylation sites (tertiary alicyclic amines) is 1. The van der Waals surface area contributed by atoms with E-state index in [4.69, 9.17) is 0 Å². The van der Waals surface area contributed by atoms with E-state index in [1.807, 2.05) is 19.9 Å². The second kappa shape index (κ2) is 7.11. The van der Waals surface area contributed by atoms with Gasteiger partial charge in [0.1, 0.15) is 4.83 Å². The molecular formula is C17H25N3O2S. The first-order valence-corrected chi connectivity index (χ1v) is 9.20. The quantitative estimate of drug-likeness (QED) is 0.931. The topological polar surface area (TPSA) is 58.4 Å². The maximum Gasteiger partial charge on any atom is 0.270 e. The average molecular weight is 335 g/mol. The van der Waals surface area contributed by atoms with Crippen LogP contribution < -0.4 is 5.56 Å². The molecule has 2 aromatic heterocycles. The highest BCUT2D eigenvalue weighted by Crippen LogP contribution is 2.19. The van der Waals surface area contributed by atoms with E-state index >= 15 is 0 Å². The lowest BCUT2D eigenvalue weighted by Gasteiger charge is -2.22. The van der Waals surface area contributed by atoms with Crippen LogP contribution in [0.5, 0.6) is 0 Å². The SMILES string of the molecule is Cc1cc(C)c2c(=O)n(CC(O)CN3CCCCCC3)sc2n1. The maximum atomic E-state index is 12.6. The van der Waals surface area contributed by atoms with Crippen molar-refractivity contribution in [2.24, 2.45) is 0 Å². The second-order valence-electron chi connectivity index (χ2n) is 6.59. The number of nitrogens with zero attached hydrogens (tertiary/aromatic N) is 3. The highest BCUT2D eigenvalue weighted by molar-refractivity contribution is 7.13. The van der Waals surface area contributed by atoms with Crippen molar-refractivity contribution < 1.29 is 5.11 Å². The molecule has 126 valence electrons. The number of pyridine rings is 1. The van der Waals surface area contributed by atoms with Crippen LogP contribution in [0.3, 0.4) is 0 Å². The monoisotopic (exact) mass is 335 g/mol. The van der Waals surface area contributed by atoms with Gasteiger partial charge in [-0.15, -0.1) is 0 Å². The fourth-order valence-corrected chi connectivity index (χ4v) is 4.54. The van der Waals surface area contributed by atoms with Crippen LogP contribution in [-0.4, -0.2) is 44.7 Å². The average Bonchev–Trinajstić information content (AvgIpc) is 2.65. The van der Waals surface area contributed by atoms with Crippen LogP contribution in [-0.2, 0) is 6.54 Å². The molecule has 0 aliphatic carbocycles. The summed E-state index contributed by atoms with van der Waals surface area (Å²) in [6.07, 6.45) is 4.47. The van der Waals surface area contributed by atoms with Gasteiger partial charge in [0, 0.05) is 12.2 Å². The minimum Gasteiger partial charge on any atom is -0.390 e. The molecule has 1 atom stereocenters. The van der Waals surface area contributed by atoms with Crippen molar-refractivity contribution in [2.45, 2.75) is 52.2 Å². The Morgan fingerprint density at radius 3 is 2.61 bits per heavy atom. The molecule has 0 saturated carbocycles. The molecule has 5 nitrogen and oxygen atoms in total. The molecule has 1 aliphatic heterocycles. The van der Waals surface area contributed by atoms with E-state index in [0.717, 1.165) is 29.2 Å². The van der Waals surface area contributed by atoms with Crippen molar-refractivity contribution >= 4 is 21.7 Å². The predicted octanol–water partition coefficient (Wildman–Crippen LogP) is 2.31. The van der Waals surface area contributed by atoms with E-state index in [1.54, 1.807) is 3.96 Å². The molecule has 23 heavy (non-hydrogen) atoms. The van der Waals surface area contributed by atoms with Gasteiger partial charge < -0.3 is 10.0 Å². The third-order valence-corrected chi connectivity index (χ3v) is 5.50. The van der Waals surface area contributed by atoms with Gasteiger partial charge in [-0.05, 0) is 62.9 Å². The van der Waals surface area contributed by atoms with Gasteiger partial charge in [0.15, 0.2) is 0 Å². The number of aryl methyl sites for hydroxylation is 2. The molecule has 0 amide bonds. The van der Waals surface area contributed by atoms with Gasteiger partial charge in [0.05, 0.1) is 18.0 Å². The number of aliphatic hydroxyl groups is 1. The number of rotatable bonds is 4. The number of fused-ring (bicyclic) bond motifs is 1. The molecule has 0 aromatic carbocycles. The number of hydrogen-bond acceptors (Lipinski definition) is 5. The zero-order chi connectivity index (χ0) is 16.4. The van der Waals surface area contributed by atoms with Crippen molar-refractivity contribution in [3.8, 4) is 0 Å². The fourth-order valence-electron chi connectivity index (χ4n) is 3.39. The Morgan fingerprint density at radius 2 is 1.91 bits per heavy atom. The molecule has 2 aromatic rings. The third kappa shape index (κ3) is 3.82. The molecule has 0 radical (unpaired) electrons. The predicted molar refractivity (Wildman–Crippen MR) is 94.3 cm³/mol. The van der Waals surface area contributed by atoms with Crippen LogP contribution in [0, 0.1) is 13.8 Å². The minimum absolute atomic E-state index is 0.0232. The van der Waals surface area contributed by atoms with Crippen LogP contribution >= 0.6 is 11.5 Å². The van der Waals surface area contributed by atoms with Crippen LogP contribution in [0.15, 0.2) is 10.9 Å². The summed E-state index contributed by atoms with van der Waals surface area (Å²) in [6.45, 7) is 7.00. The first kappa shape index (κ1) is 16.6. The standard InChI is InChI=1S/C17H25N3O2S/c1-12-9-13(2)18-16-15(12)17(22)20(23-16)11-14(21)10-19-7-5-3-4-6-8-19/h9,14,21H,3-8,10-11H2,1-2H3. The van der Waals surface area contributed by atoms with E-state index in [2.05, 4.69) is 9.88 Å². The number of β-amino-alcohol motifs (C(OH)–C–C–N with tert-alkyl or cyclic N) is 1. The Balaban J connectivity index is 1.74. The number of aromatic nitrogens is 2. The first-order chi connectivity index (χ1) is 11.0. The third-order valence-electron chi connectivity index (χ3n) is 4.49. The summed E-state index contributed by atoms with van der Waals surface area (Å²) < 4.78 is 1.66. The van der Waals surface area contributed by atoms with Gasteiger partial charge in [-0.3, -0.25) is 8.75 Å². The molecule has 1 saturated heterocycles. The zero-order valence-corrected chi connectivity index (χ0v) is 14.7. The van der Waals surface area contributed by atoms with E-state index in [1.165, 1.54) is 37.2 Å². The first-order valence-electron chi connectivity index (χ1n) is 8.43. The zero-order valence-electron chi connectivity index (χ0n) is 13.9. The van der Waals surface area contributed by atoms with Crippen LogP contribution in [0.25, 0.3) is 10.2 Å². The Hall–Kier alpha value is -1.24. The van der Waals surface area contributed by atoms with Crippen molar-refractivity contribution in [3.05, 3.63) is 27.7 Å². The molecule has 1 fully saturated rings. The molecule has 1 aliphatic rings. The Morgan fingerprint density at radius 1 is 1.22 bits per heavy atom. The Labute approximate surface area is 140 Å². The molecule has 6 heteroatoms. The normalized spacial score (nSPS) is 18.2.